The highest BCUT2D eigenvalue weighted by Gasteiger charge is 2.01. The summed E-state index contributed by atoms with van der Waals surface area (Å²) in [5, 5.41) is 0. The highest BCUT2D eigenvalue weighted by molar-refractivity contribution is 5.69. The van der Waals surface area contributed by atoms with Gasteiger partial charge in [0.15, 0.2) is 0 Å². The fraction of sp³-hybridized carbons (Fsp3) is 0.786. The minimum absolute atomic E-state index is 0.0478. The largest absolute Gasteiger partial charge is 0.466 e. The Labute approximate surface area is 105 Å². The highest BCUT2D eigenvalue weighted by atomic mass is 16.5. The normalized spacial score (nSPS) is 10.9. The van der Waals surface area contributed by atoms with Crippen LogP contribution in [0.3, 0.4) is 0 Å². The average molecular weight is 242 g/mol. The molecule has 0 fully saturated rings. The fourth-order valence-electron chi connectivity index (χ4n) is 1.39. The van der Waals surface area contributed by atoms with Crippen LogP contribution >= 0.6 is 0 Å². The molecule has 0 radical (unpaired) electrons. The van der Waals surface area contributed by atoms with E-state index in [1.807, 2.05) is 6.08 Å². The van der Waals surface area contributed by atoms with E-state index in [1.165, 1.54) is 0 Å². The Morgan fingerprint density at radius 3 is 2.65 bits per heavy atom. The summed E-state index contributed by atoms with van der Waals surface area (Å²) in [4.78, 5) is 11.2. The highest BCUT2D eigenvalue weighted by Crippen LogP contribution is 2.05. The van der Waals surface area contributed by atoms with Gasteiger partial charge < -0.3 is 9.47 Å². The van der Waals surface area contributed by atoms with Crippen molar-refractivity contribution in [3.8, 4) is 0 Å². The molecule has 0 aliphatic rings. The number of methoxy groups -OCH3 is 1. The zero-order chi connectivity index (χ0) is 12.8. The van der Waals surface area contributed by atoms with Gasteiger partial charge in [-0.1, -0.05) is 31.9 Å². The third-order valence-electron chi connectivity index (χ3n) is 2.44. The number of hydrogen-bond donors (Lipinski definition) is 0. The van der Waals surface area contributed by atoms with Crippen LogP contribution in [0.2, 0.25) is 0 Å². The molecule has 0 bridgehead atoms. The molecule has 0 aromatic rings. The summed E-state index contributed by atoms with van der Waals surface area (Å²) in [6.07, 6.45) is 11.0. The molecular formula is C14H26O3. The van der Waals surface area contributed by atoms with E-state index in [9.17, 15) is 4.79 Å². The quantitative estimate of drug-likeness (QED) is 0.316. The predicted octanol–water partition coefficient (Wildman–Crippen LogP) is 3.48. The van der Waals surface area contributed by atoms with Crippen LogP contribution < -0.4 is 0 Å². The number of allylic oxidation sites excluding steroid dienone is 1. The van der Waals surface area contributed by atoms with Crippen LogP contribution in [-0.4, -0.2) is 26.3 Å². The van der Waals surface area contributed by atoms with Crippen LogP contribution in [0.5, 0.6) is 0 Å². The lowest BCUT2D eigenvalue weighted by Gasteiger charge is -2.03. The molecule has 0 aliphatic carbocycles. The van der Waals surface area contributed by atoms with Crippen molar-refractivity contribution in [2.45, 2.75) is 51.9 Å². The second-order valence-corrected chi connectivity index (χ2v) is 4.10. The van der Waals surface area contributed by atoms with Gasteiger partial charge in [0.25, 0.3) is 0 Å². The number of esters is 1. The van der Waals surface area contributed by atoms with Gasteiger partial charge in [-0.15, -0.1) is 0 Å². The molecule has 0 rings (SSSR count). The summed E-state index contributed by atoms with van der Waals surface area (Å²) in [6, 6.07) is 0. The first kappa shape index (κ1) is 16.2. The van der Waals surface area contributed by atoms with Crippen molar-refractivity contribution >= 4 is 5.97 Å². The van der Waals surface area contributed by atoms with Gasteiger partial charge in [0.1, 0.15) is 0 Å². The van der Waals surface area contributed by atoms with Gasteiger partial charge in [0, 0.05) is 13.5 Å². The lowest BCUT2D eigenvalue weighted by Crippen LogP contribution is -2.05. The van der Waals surface area contributed by atoms with Gasteiger partial charge in [-0.25, -0.2) is 0 Å². The molecule has 0 aliphatic heterocycles. The van der Waals surface area contributed by atoms with Gasteiger partial charge >= 0.3 is 5.97 Å². The van der Waals surface area contributed by atoms with E-state index in [2.05, 4.69) is 13.0 Å². The predicted molar refractivity (Wildman–Crippen MR) is 70.0 cm³/mol. The van der Waals surface area contributed by atoms with Crippen molar-refractivity contribution in [3.63, 3.8) is 0 Å². The third kappa shape index (κ3) is 13.1. The molecule has 3 heteroatoms. The molecule has 0 N–H and O–H groups in total. The molecule has 0 saturated carbocycles. The smallest absolute Gasteiger partial charge is 0.305 e. The van der Waals surface area contributed by atoms with Crippen molar-refractivity contribution in [3.05, 3.63) is 12.2 Å². The summed E-state index contributed by atoms with van der Waals surface area (Å²) in [6.45, 7) is 3.35. The zero-order valence-electron chi connectivity index (χ0n) is 11.2. The standard InChI is InChI=1S/C14H26O3/c1-3-4-13-17-14(15)11-9-7-5-6-8-10-12-16-2/h8,10H,3-7,9,11-13H2,1-2H3/b10-8+. The molecule has 0 aromatic carbocycles. The van der Waals surface area contributed by atoms with E-state index in [1.54, 1.807) is 7.11 Å². The van der Waals surface area contributed by atoms with Crippen molar-refractivity contribution < 1.29 is 14.3 Å². The second-order valence-electron chi connectivity index (χ2n) is 4.10. The van der Waals surface area contributed by atoms with E-state index in [4.69, 9.17) is 9.47 Å². The van der Waals surface area contributed by atoms with E-state index in [0.29, 0.717) is 19.6 Å². The number of hydrogen-bond acceptors (Lipinski definition) is 3. The molecule has 100 valence electrons. The lowest BCUT2D eigenvalue weighted by atomic mass is 10.1. The fourth-order valence-corrected chi connectivity index (χ4v) is 1.39. The molecular weight excluding hydrogens is 216 g/mol. The van der Waals surface area contributed by atoms with Gasteiger partial charge in [-0.05, 0) is 25.7 Å². The summed E-state index contributed by atoms with van der Waals surface area (Å²) in [7, 11) is 1.69. The third-order valence-corrected chi connectivity index (χ3v) is 2.44. The van der Waals surface area contributed by atoms with E-state index < -0.39 is 0 Å². The number of rotatable bonds is 11. The molecule has 0 saturated heterocycles. The van der Waals surface area contributed by atoms with Crippen molar-refractivity contribution in [1.29, 1.82) is 0 Å². The molecule has 0 amide bonds. The Kier molecular flexibility index (Phi) is 12.6. The maximum absolute atomic E-state index is 11.2. The first-order chi connectivity index (χ1) is 8.31. The number of unbranched alkanes of at least 4 members (excludes halogenated alkanes) is 4. The topological polar surface area (TPSA) is 35.5 Å². The Morgan fingerprint density at radius 1 is 1.12 bits per heavy atom. The van der Waals surface area contributed by atoms with Crippen LogP contribution in [0.4, 0.5) is 0 Å². The Hall–Kier alpha value is -0.830. The SMILES string of the molecule is CCCCOC(=O)CCCCC/C=C/COC. The maximum Gasteiger partial charge on any atom is 0.305 e. The number of ether oxygens (including phenoxy) is 2. The van der Waals surface area contributed by atoms with Crippen molar-refractivity contribution in [1.82, 2.24) is 0 Å². The maximum atomic E-state index is 11.2. The van der Waals surface area contributed by atoms with Crippen LogP contribution in [-0.2, 0) is 14.3 Å². The minimum Gasteiger partial charge on any atom is -0.466 e. The van der Waals surface area contributed by atoms with Crippen LogP contribution in [0, 0.1) is 0 Å². The molecule has 17 heavy (non-hydrogen) atoms. The Morgan fingerprint density at radius 2 is 1.94 bits per heavy atom. The van der Waals surface area contributed by atoms with Crippen LogP contribution in [0.1, 0.15) is 51.9 Å². The second kappa shape index (κ2) is 13.2. The molecule has 0 aromatic heterocycles. The van der Waals surface area contributed by atoms with Gasteiger partial charge in [-0.3, -0.25) is 4.79 Å². The Bertz CT molecular complexity index is 200. The van der Waals surface area contributed by atoms with Crippen molar-refractivity contribution in [2.75, 3.05) is 20.3 Å². The van der Waals surface area contributed by atoms with Gasteiger partial charge in [0.2, 0.25) is 0 Å². The summed E-state index contributed by atoms with van der Waals surface area (Å²) < 4.78 is 9.97. The summed E-state index contributed by atoms with van der Waals surface area (Å²) in [5.41, 5.74) is 0. The first-order valence-electron chi connectivity index (χ1n) is 6.60. The monoisotopic (exact) mass is 242 g/mol. The molecule has 0 heterocycles. The average Bonchev–Trinajstić information content (AvgIpc) is 2.33. The van der Waals surface area contributed by atoms with Gasteiger partial charge in [-0.2, -0.15) is 0 Å². The van der Waals surface area contributed by atoms with E-state index >= 15 is 0 Å². The number of carbonyl (C=O) groups excluding carboxylic acids is 1. The van der Waals surface area contributed by atoms with E-state index in [-0.39, 0.29) is 5.97 Å². The van der Waals surface area contributed by atoms with Crippen molar-refractivity contribution in [2.24, 2.45) is 0 Å². The minimum atomic E-state index is -0.0478. The number of carbonyl (C=O) groups is 1. The Balaban J connectivity index is 3.19. The molecule has 0 spiro atoms. The van der Waals surface area contributed by atoms with E-state index in [0.717, 1.165) is 38.5 Å². The van der Waals surface area contributed by atoms with Gasteiger partial charge in [0.05, 0.1) is 13.2 Å². The molecule has 0 unspecified atom stereocenters. The molecule has 0 atom stereocenters. The van der Waals surface area contributed by atoms with Crippen LogP contribution in [0.25, 0.3) is 0 Å². The summed E-state index contributed by atoms with van der Waals surface area (Å²) in [5.74, 6) is -0.0478. The lowest BCUT2D eigenvalue weighted by molar-refractivity contribution is -0.143. The molecule has 3 nitrogen and oxygen atoms in total. The summed E-state index contributed by atoms with van der Waals surface area (Å²) >= 11 is 0. The van der Waals surface area contributed by atoms with Crippen LogP contribution in [0.15, 0.2) is 12.2 Å². The first-order valence-corrected chi connectivity index (χ1v) is 6.60. The zero-order valence-corrected chi connectivity index (χ0v) is 11.2.